The SMILES string of the molecule is CC(C)C(OC(=O)NC[C@H](CC(=O)O)c1ccc(Cl)cc1)OC(=O)c1ccccc1. The molecular formula is C22H24ClNO6. The molecule has 30 heavy (non-hydrogen) atoms. The van der Waals surface area contributed by atoms with Gasteiger partial charge in [-0.25, -0.2) is 9.59 Å². The summed E-state index contributed by atoms with van der Waals surface area (Å²) < 4.78 is 10.6. The van der Waals surface area contributed by atoms with Crippen LogP contribution in [0.1, 0.15) is 42.1 Å². The van der Waals surface area contributed by atoms with Gasteiger partial charge < -0.3 is 19.9 Å². The second-order valence-corrected chi connectivity index (χ2v) is 7.45. The number of carboxylic acids is 1. The molecule has 0 spiro atoms. The lowest BCUT2D eigenvalue weighted by Crippen LogP contribution is -2.36. The van der Waals surface area contributed by atoms with E-state index in [1.807, 2.05) is 0 Å². The van der Waals surface area contributed by atoms with Gasteiger partial charge in [-0.1, -0.05) is 55.8 Å². The number of aliphatic carboxylic acids is 1. The van der Waals surface area contributed by atoms with Crippen molar-refractivity contribution >= 4 is 29.6 Å². The van der Waals surface area contributed by atoms with Gasteiger partial charge in [0.25, 0.3) is 6.29 Å². The predicted octanol–water partition coefficient (Wildman–Crippen LogP) is 4.46. The van der Waals surface area contributed by atoms with Gasteiger partial charge in [0.05, 0.1) is 12.0 Å². The van der Waals surface area contributed by atoms with Crippen molar-refractivity contribution in [1.82, 2.24) is 5.32 Å². The lowest BCUT2D eigenvalue weighted by molar-refractivity contribution is -0.137. The van der Waals surface area contributed by atoms with Crippen LogP contribution in [0.15, 0.2) is 54.6 Å². The molecule has 1 unspecified atom stereocenters. The van der Waals surface area contributed by atoms with E-state index < -0.39 is 30.2 Å². The summed E-state index contributed by atoms with van der Waals surface area (Å²) in [6.07, 6.45) is -2.08. The molecule has 0 aliphatic rings. The zero-order valence-corrected chi connectivity index (χ0v) is 17.5. The number of hydrogen-bond donors (Lipinski definition) is 2. The molecule has 0 saturated heterocycles. The van der Waals surface area contributed by atoms with Crippen molar-refractivity contribution in [3.63, 3.8) is 0 Å². The number of rotatable bonds is 9. The van der Waals surface area contributed by atoms with Crippen LogP contribution in [-0.4, -0.2) is 36.0 Å². The lowest BCUT2D eigenvalue weighted by atomic mass is 9.96. The van der Waals surface area contributed by atoms with E-state index in [-0.39, 0.29) is 18.9 Å². The number of carbonyl (C=O) groups excluding carboxylic acids is 2. The average molecular weight is 434 g/mol. The van der Waals surface area contributed by atoms with Crippen molar-refractivity contribution in [2.45, 2.75) is 32.5 Å². The Morgan fingerprint density at radius 1 is 1.00 bits per heavy atom. The van der Waals surface area contributed by atoms with Gasteiger partial charge in [-0.2, -0.15) is 0 Å². The number of ether oxygens (including phenoxy) is 2. The van der Waals surface area contributed by atoms with Gasteiger partial charge in [-0.05, 0) is 29.8 Å². The summed E-state index contributed by atoms with van der Waals surface area (Å²) in [7, 11) is 0. The molecule has 8 heteroatoms. The fourth-order valence-corrected chi connectivity index (χ4v) is 2.78. The monoisotopic (exact) mass is 433 g/mol. The molecule has 0 bridgehead atoms. The number of carboxylic acid groups (broad SMARTS) is 1. The standard InChI is InChI=1S/C22H24ClNO6/c1-14(2)21(29-20(27)16-6-4-3-5-7-16)30-22(28)24-13-17(12-19(25)26)15-8-10-18(23)11-9-15/h3-11,14,17,21H,12-13H2,1-2H3,(H,24,28)(H,25,26)/t17-,21?/m0/s1. The van der Waals surface area contributed by atoms with Crippen LogP contribution < -0.4 is 5.32 Å². The first kappa shape index (κ1) is 23.2. The van der Waals surface area contributed by atoms with Crippen LogP contribution >= 0.6 is 11.6 Å². The van der Waals surface area contributed by atoms with Gasteiger partial charge in [-0.3, -0.25) is 4.79 Å². The number of esters is 1. The molecule has 0 saturated carbocycles. The van der Waals surface area contributed by atoms with E-state index in [0.717, 1.165) is 5.56 Å². The highest BCUT2D eigenvalue weighted by atomic mass is 35.5. The Bertz CT molecular complexity index is 854. The summed E-state index contributed by atoms with van der Waals surface area (Å²) in [6.45, 7) is 3.53. The maximum absolute atomic E-state index is 12.3. The molecule has 0 aromatic heterocycles. The van der Waals surface area contributed by atoms with Gasteiger partial charge in [0.15, 0.2) is 0 Å². The maximum atomic E-state index is 12.3. The molecule has 2 aromatic carbocycles. The molecule has 2 N–H and O–H groups in total. The normalized spacial score (nSPS) is 12.7. The second-order valence-electron chi connectivity index (χ2n) is 7.02. The molecule has 2 aromatic rings. The summed E-state index contributed by atoms with van der Waals surface area (Å²) in [5.41, 5.74) is 1.06. The van der Waals surface area contributed by atoms with E-state index >= 15 is 0 Å². The Hall–Kier alpha value is -3.06. The lowest BCUT2D eigenvalue weighted by Gasteiger charge is -2.22. The Kier molecular flexibility index (Phi) is 8.68. The molecule has 1 amide bonds. The first-order valence-corrected chi connectivity index (χ1v) is 9.81. The van der Waals surface area contributed by atoms with Crippen LogP contribution in [0.5, 0.6) is 0 Å². The van der Waals surface area contributed by atoms with Crippen molar-refractivity contribution < 1.29 is 29.0 Å². The van der Waals surface area contributed by atoms with Gasteiger partial charge >= 0.3 is 18.0 Å². The molecule has 0 heterocycles. The Labute approximate surface area is 179 Å². The summed E-state index contributed by atoms with van der Waals surface area (Å²) >= 11 is 5.87. The van der Waals surface area contributed by atoms with Gasteiger partial charge in [0.2, 0.25) is 0 Å². The molecule has 0 aliphatic heterocycles. The smallest absolute Gasteiger partial charge is 0.410 e. The second kappa shape index (κ2) is 11.2. The van der Waals surface area contributed by atoms with Gasteiger partial charge in [0, 0.05) is 23.4 Å². The summed E-state index contributed by atoms with van der Waals surface area (Å²) in [6, 6.07) is 15.1. The molecule has 2 atom stereocenters. The van der Waals surface area contributed by atoms with E-state index in [1.54, 1.807) is 68.4 Å². The Balaban J connectivity index is 1.97. The molecule has 2 rings (SSSR count). The third kappa shape index (κ3) is 7.40. The molecule has 7 nitrogen and oxygen atoms in total. The highest BCUT2D eigenvalue weighted by Crippen LogP contribution is 2.21. The van der Waals surface area contributed by atoms with Crippen LogP contribution in [-0.2, 0) is 14.3 Å². The summed E-state index contributed by atoms with van der Waals surface area (Å²) in [5, 5.41) is 12.2. The minimum Gasteiger partial charge on any atom is -0.481 e. The van der Waals surface area contributed by atoms with Crippen LogP contribution in [0.4, 0.5) is 4.79 Å². The Morgan fingerprint density at radius 2 is 1.63 bits per heavy atom. The van der Waals surface area contributed by atoms with Crippen molar-refractivity contribution in [3.05, 3.63) is 70.7 Å². The van der Waals surface area contributed by atoms with Crippen LogP contribution in [0, 0.1) is 5.92 Å². The summed E-state index contributed by atoms with van der Waals surface area (Å²) in [5.74, 6) is -2.36. The third-order valence-corrected chi connectivity index (χ3v) is 4.51. The number of hydrogen-bond acceptors (Lipinski definition) is 5. The molecule has 160 valence electrons. The third-order valence-electron chi connectivity index (χ3n) is 4.26. The molecule has 0 aliphatic carbocycles. The summed E-state index contributed by atoms with van der Waals surface area (Å²) in [4.78, 5) is 35.7. The van der Waals surface area contributed by atoms with Crippen molar-refractivity contribution in [2.24, 2.45) is 5.92 Å². The number of nitrogens with one attached hydrogen (secondary N) is 1. The highest BCUT2D eigenvalue weighted by molar-refractivity contribution is 6.30. The van der Waals surface area contributed by atoms with E-state index in [0.29, 0.717) is 10.6 Å². The van der Waals surface area contributed by atoms with E-state index in [1.165, 1.54) is 0 Å². The van der Waals surface area contributed by atoms with Gasteiger partial charge in [0.1, 0.15) is 0 Å². The van der Waals surface area contributed by atoms with E-state index in [4.69, 9.17) is 26.2 Å². The largest absolute Gasteiger partial charge is 0.481 e. The van der Waals surface area contributed by atoms with Crippen LogP contribution in [0.2, 0.25) is 5.02 Å². The number of amides is 1. The first-order chi connectivity index (χ1) is 14.3. The zero-order chi connectivity index (χ0) is 22.1. The number of alkyl carbamates (subject to hydrolysis) is 1. The number of halogens is 1. The maximum Gasteiger partial charge on any atom is 0.410 e. The minimum atomic E-state index is -1.09. The molecule has 0 radical (unpaired) electrons. The fourth-order valence-electron chi connectivity index (χ4n) is 2.65. The molecular weight excluding hydrogens is 410 g/mol. The van der Waals surface area contributed by atoms with E-state index in [9.17, 15) is 14.4 Å². The predicted molar refractivity (Wildman–Crippen MR) is 111 cm³/mol. The fraction of sp³-hybridized carbons (Fsp3) is 0.318. The zero-order valence-electron chi connectivity index (χ0n) is 16.7. The Morgan fingerprint density at radius 3 is 2.20 bits per heavy atom. The van der Waals surface area contributed by atoms with Crippen molar-refractivity contribution in [3.8, 4) is 0 Å². The average Bonchev–Trinajstić information content (AvgIpc) is 2.71. The molecule has 0 fully saturated rings. The number of carbonyl (C=O) groups is 3. The minimum absolute atomic E-state index is 0.0320. The number of benzene rings is 2. The van der Waals surface area contributed by atoms with E-state index in [2.05, 4.69) is 5.32 Å². The first-order valence-electron chi connectivity index (χ1n) is 9.44. The van der Waals surface area contributed by atoms with Crippen LogP contribution in [0.3, 0.4) is 0 Å². The highest BCUT2D eigenvalue weighted by Gasteiger charge is 2.24. The quantitative estimate of drug-likeness (QED) is 0.447. The van der Waals surface area contributed by atoms with Crippen molar-refractivity contribution in [2.75, 3.05) is 6.54 Å². The van der Waals surface area contributed by atoms with Gasteiger partial charge in [-0.15, -0.1) is 0 Å². The van der Waals surface area contributed by atoms with Crippen molar-refractivity contribution in [1.29, 1.82) is 0 Å². The van der Waals surface area contributed by atoms with Crippen LogP contribution in [0.25, 0.3) is 0 Å². The topological polar surface area (TPSA) is 102 Å².